The maximum Gasteiger partial charge on any atom is 0.223 e. The van der Waals surface area contributed by atoms with E-state index >= 15 is 0 Å². The maximum absolute atomic E-state index is 12.9. The molecule has 0 unspecified atom stereocenters. The van der Waals surface area contributed by atoms with Crippen molar-refractivity contribution in [2.75, 3.05) is 37.7 Å². The number of hydrogen-bond acceptors (Lipinski definition) is 6. The van der Waals surface area contributed by atoms with Gasteiger partial charge in [-0.2, -0.15) is 0 Å². The van der Waals surface area contributed by atoms with Gasteiger partial charge < -0.3 is 15.0 Å². The van der Waals surface area contributed by atoms with Crippen LogP contribution in [-0.2, 0) is 4.79 Å². The molecule has 1 aromatic heterocycles. The minimum absolute atomic E-state index is 0.103. The van der Waals surface area contributed by atoms with Gasteiger partial charge in [0.2, 0.25) is 5.91 Å². The van der Waals surface area contributed by atoms with E-state index in [-0.39, 0.29) is 11.8 Å². The number of carbonyl (C=O) groups is 1. The summed E-state index contributed by atoms with van der Waals surface area (Å²) in [6.07, 6.45) is 9.63. The van der Waals surface area contributed by atoms with Crippen LogP contribution in [0, 0.1) is 5.92 Å². The number of carbonyl (C=O) groups excluding carboxylic acids is 1. The fourth-order valence-electron chi connectivity index (χ4n) is 5.51. The van der Waals surface area contributed by atoms with E-state index in [4.69, 9.17) is 9.72 Å². The number of nitrogens with one attached hydrogen (secondary N) is 1. The molecular formula is C27H41BrN4O2S. The highest BCUT2D eigenvalue weighted by Gasteiger charge is 2.28. The summed E-state index contributed by atoms with van der Waals surface area (Å²) in [5.74, 6) is 1.19. The lowest BCUT2D eigenvalue weighted by Gasteiger charge is -2.38. The third kappa shape index (κ3) is 6.69. The first-order valence-corrected chi connectivity index (χ1v) is 15.1. The van der Waals surface area contributed by atoms with Crippen LogP contribution >= 0.6 is 27.3 Å². The normalized spacial score (nSPS) is 18.8. The lowest BCUT2D eigenvalue weighted by molar-refractivity contribution is -0.125. The van der Waals surface area contributed by atoms with E-state index in [9.17, 15) is 4.79 Å². The van der Waals surface area contributed by atoms with E-state index < -0.39 is 0 Å². The molecule has 8 heteroatoms. The van der Waals surface area contributed by atoms with Crippen molar-refractivity contribution in [1.82, 2.24) is 15.2 Å². The summed E-state index contributed by atoms with van der Waals surface area (Å²) in [4.78, 5) is 22.8. The number of halogens is 1. The van der Waals surface area contributed by atoms with Gasteiger partial charge >= 0.3 is 0 Å². The summed E-state index contributed by atoms with van der Waals surface area (Å²) in [6, 6.07) is 5.38. The van der Waals surface area contributed by atoms with Crippen LogP contribution < -0.4 is 15.0 Å². The number of benzene rings is 1. The van der Waals surface area contributed by atoms with Crippen molar-refractivity contribution in [3.63, 3.8) is 0 Å². The highest BCUT2D eigenvalue weighted by Crippen LogP contribution is 2.37. The lowest BCUT2D eigenvalue weighted by Crippen LogP contribution is -2.47. The Morgan fingerprint density at radius 2 is 1.97 bits per heavy atom. The molecule has 2 heterocycles. The zero-order chi connectivity index (χ0) is 24.8. The molecule has 4 rings (SSSR count). The first kappa shape index (κ1) is 26.7. The molecule has 0 radical (unpaired) electrons. The molecular weight excluding hydrogens is 524 g/mol. The molecule has 2 aromatic rings. The first-order valence-electron chi connectivity index (χ1n) is 13.5. The molecule has 1 amide bonds. The monoisotopic (exact) mass is 564 g/mol. The number of hydrogen-bond donors (Lipinski definition) is 1. The molecule has 1 aromatic carbocycles. The highest BCUT2D eigenvalue weighted by atomic mass is 79.9. The molecule has 0 bridgehead atoms. The van der Waals surface area contributed by atoms with Crippen molar-refractivity contribution in [2.24, 2.45) is 5.92 Å². The average molecular weight is 566 g/mol. The van der Waals surface area contributed by atoms with Crippen molar-refractivity contribution in [1.29, 1.82) is 0 Å². The SMILES string of the molecule is CCOc1cc2sc(N3CCC(C(=O)NCCN(C4CCCCC4)[C@H](C)CC)CC3)nc2cc1Br. The molecule has 35 heavy (non-hydrogen) atoms. The second kappa shape index (κ2) is 12.7. The van der Waals surface area contributed by atoms with Gasteiger partial charge in [-0.3, -0.25) is 9.69 Å². The summed E-state index contributed by atoms with van der Waals surface area (Å²) < 4.78 is 7.79. The van der Waals surface area contributed by atoms with Crippen molar-refractivity contribution in [3.8, 4) is 5.75 Å². The van der Waals surface area contributed by atoms with Gasteiger partial charge in [-0.15, -0.1) is 0 Å². The van der Waals surface area contributed by atoms with E-state index in [1.165, 1.54) is 38.5 Å². The van der Waals surface area contributed by atoms with Crippen molar-refractivity contribution < 1.29 is 9.53 Å². The van der Waals surface area contributed by atoms with Crippen molar-refractivity contribution in [3.05, 3.63) is 16.6 Å². The van der Waals surface area contributed by atoms with Gasteiger partial charge in [-0.1, -0.05) is 37.5 Å². The van der Waals surface area contributed by atoms with E-state index in [0.717, 1.165) is 64.6 Å². The summed E-state index contributed by atoms with van der Waals surface area (Å²) >= 11 is 5.30. The molecule has 6 nitrogen and oxygen atoms in total. The average Bonchev–Trinajstić information content (AvgIpc) is 3.29. The van der Waals surface area contributed by atoms with Gasteiger partial charge in [0, 0.05) is 50.2 Å². The Balaban J connectivity index is 1.27. The Bertz CT molecular complexity index is 969. The number of piperidine rings is 1. The number of rotatable bonds is 10. The van der Waals surface area contributed by atoms with Gasteiger partial charge in [-0.25, -0.2) is 4.98 Å². The van der Waals surface area contributed by atoms with Gasteiger partial charge in [0.1, 0.15) is 5.75 Å². The van der Waals surface area contributed by atoms with Crippen LogP contribution in [0.1, 0.15) is 72.1 Å². The van der Waals surface area contributed by atoms with Crippen LogP contribution in [0.4, 0.5) is 5.13 Å². The van der Waals surface area contributed by atoms with Crippen LogP contribution in [0.2, 0.25) is 0 Å². The minimum Gasteiger partial charge on any atom is -0.493 e. The molecule has 1 saturated heterocycles. The number of nitrogens with zero attached hydrogens (tertiary/aromatic N) is 3. The third-order valence-electron chi connectivity index (χ3n) is 7.74. The fourth-order valence-corrected chi connectivity index (χ4v) is 6.99. The fraction of sp³-hybridized carbons (Fsp3) is 0.704. The molecule has 194 valence electrons. The molecule has 1 aliphatic heterocycles. The predicted molar refractivity (Wildman–Crippen MR) is 150 cm³/mol. The Hall–Kier alpha value is -1.38. The number of aromatic nitrogens is 1. The van der Waals surface area contributed by atoms with Crippen LogP contribution in [0.5, 0.6) is 5.75 Å². The lowest BCUT2D eigenvalue weighted by atomic mass is 9.93. The highest BCUT2D eigenvalue weighted by molar-refractivity contribution is 9.10. The smallest absolute Gasteiger partial charge is 0.223 e. The van der Waals surface area contributed by atoms with Gasteiger partial charge in [-0.05, 0) is 67.9 Å². The van der Waals surface area contributed by atoms with E-state index in [2.05, 4.69) is 51.0 Å². The van der Waals surface area contributed by atoms with Gasteiger partial charge in [0.25, 0.3) is 0 Å². The summed E-state index contributed by atoms with van der Waals surface area (Å²) in [5, 5.41) is 4.31. The zero-order valence-corrected chi connectivity index (χ0v) is 23.9. The summed E-state index contributed by atoms with van der Waals surface area (Å²) in [6.45, 7) is 10.7. The van der Waals surface area contributed by atoms with E-state index in [1.54, 1.807) is 11.3 Å². The van der Waals surface area contributed by atoms with Gasteiger partial charge in [0.15, 0.2) is 5.13 Å². The third-order valence-corrected chi connectivity index (χ3v) is 9.44. The molecule has 1 N–H and O–H groups in total. The number of thiazole rings is 1. The van der Waals surface area contributed by atoms with Crippen LogP contribution in [0.25, 0.3) is 10.2 Å². The first-order chi connectivity index (χ1) is 17.0. The molecule has 2 aliphatic rings. The number of fused-ring (bicyclic) bond motifs is 1. The molecule has 1 atom stereocenters. The predicted octanol–water partition coefficient (Wildman–Crippen LogP) is 6.22. The van der Waals surface area contributed by atoms with Crippen LogP contribution in [0.15, 0.2) is 16.6 Å². The van der Waals surface area contributed by atoms with E-state index in [1.807, 2.05) is 13.0 Å². The van der Waals surface area contributed by atoms with Crippen LogP contribution in [0.3, 0.4) is 0 Å². The molecule has 1 saturated carbocycles. The zero-order valence-electron chi connectivity index (χ0n) is 21.5. The minimum atomic E-state index is 0.103. The molecule has 0 spiro atoms. The number of amides is 1. The largest absolute Gasteiger partial charge is 0.493 e. The number of ether oxygens (including phenoxy) is 1. The van der Waals surface area contributed by atoms with Crippen molar-refractivity contribution >= 4 is 48.5 Å². The molecule has 1 aliphatic carbocycles. The van der Waals surface area contributed by atoms with Gasteiger partial charge in [0.05, 0.1) is 21.3 Å². The number of anilines is 1. The standard InChI is InChI=1S/C27H41BrN4O2S/c1-4-19(3)32(21-9-7-6-8-10-21)16-13-29-26(33)20-11-14-31(15-12-20)27-30-23-17-22(28)24(34-5-2)18-25(23)35-27/h17-21H,4-16H2,1-3H3,(H,29,33)/t19-/m1/s1. The second-order valence-corrected chi connectivity index (χ2v) is 11.9. The second-order valence-electron chi connectivity index (χ2n) is 10.0. The summed E-state index contributed by atoms with van der Waals surface area (Å²) in [5.41, 5.74) is 0.990. The Kier molecular flexibility index (Phi) is 9.70. The maximum atomic E-state index is 12.9. The topological polar surface area (TPSA) is 57.7 Å². The van der Waals surface area contributed by atoms with Crippen LogP contribution in [-0.4, -0.2) is 60.7 Å². The summed E-state index contributed by atoms with van der Waals surface area (Å²) in [7, 11) is 0. The van der Waals surface area contributed by atoms with Crippen molar-refractivity contribution in [2.45, 2.75) is 84.2 Å². The Morgan fingerprint density at radius 3 is 2.66 bits per heavy atom. The quantitative estimate of drug-likeness (QED) is 0.371. The Labute approximate surface area is 222 Å². The van der Waals surface area contributed by atoms with E-state index in [0.29, 0.717) is 18.7 Å². The molecule has 2 fully saturated rings. The Morgan fingerprint density at radius 1 is 1.23 bits per heavy atom.